The molecule has 0 radical (unpaired) electrons. The van der Waals surface area contributed by atoms with Gasteiger partial charge in [-0.15, -0.1) is 0 Å². The molecule has 0 bridgehead atoms. The molecule has 1 amide bonds. The predicted molar refractivity (Wildman–Crippen MR) is 77.3 cm³/mol. The molecule has 1 aromatic heterocycles. The molecule has 7 heteroatoms. The average molecular weight is 302 g/mol. The van der Waals surface area contributed by atoms with Crippen LogP contribution in [0.25, 0.3) is 0 Å². The van der Waals surface area contributed by atoms with Gasteiger partial charge in [0, 0.05) is 23.9 Å². The van der Waals surface area contributed by atoms with Crippen LogP contribution in [0.15, 0.2) is 48.7 Å². The number of aromatic nitrogens is 1. The summed E-state index contributed by atoms with van der Waals surface area (Å²) in [6, 6.07) is 11.1. The normalized spacial score (nSPS) is 9.86. The molecule has 22 heavy (non-hydrogen) atoms. The molecule has 0 atom stereocenters. The quantitative estimate of drug-likeness (QED) is 0.508. The Morgan fingerprint density at radius 3 is 2.77 bits per heavy atom. The molecule has 2 rings (SSSR count). The molecule has 1 aromatic carbocycles. The maximum absolute atomic E-state index is 11.7. The fourth-order valence-corrected chi connectivity index (χ4v) is 1.69. The van der Waals surface area contributed by atoms with E-state index in [1.54, 1.807) is 24.3 Å². The van der Waals surface area contributed by atoms with Crippen LogP contribution in [-0.2, 0) is 9.53 Å². The number of esters is 1. The summed E-state index contributed by atoms with van der Waals surface area (Å²) in [5.41, 5.74) is 0.329. The van der Waals surface area contributed by atoms with Crippen LogP contribution in [0.4, 0.5) is 5.69 Å². The van der Waals surface area contributed by atoms with Gasteiger partial charge in [0.05, 0.1) is 7.11 Å². The van der Waals surface area contributed by atoms with E-state index in [4.69, 9.17) is 9.47 Å². The highest BCUT2D eigenvalue weighted by molar-refractivity contribution is 5.94. The van der Waals surface area contributed by atoms with Gasteiger partial charge >= 0.3 is 11.7 Å². The standard InChI is InChI=1S/C15H14N2O5/c1-21-12-6-4-5-11(9-12)16-14(18)10-22-15(19)13-7-2-3-8-17(13)20/h2-9H,10H2,1H3,(H,16,18). The van der Waals surface area contributed by atoms with Crippen LogP contribution in [-0.4, -0.2) is 25.6 Å². The molecular weight excluding hydrogens is 288 g/mol. The molecule has 0 fully saturated rings. The minimum atomic E-state index is -0.864. The van der Waals surface area contributed by atoms with Crippen molar-refractivity contribution in [2.24, 2.45) is 0 Å². The van der Waals surface area contributed by atoms with E-state index in [-0.39, 0.29) is 5.69 Å². The Morgan fingerprint density at radius 2 is 2.05 bits per heavy atom. The van der Waals surface area contributed by atoms with Crippen LogP contribution in [0.5, 0.6) is 5.75 Å². The number of pyridine rings is 1. The fraction of sp³-hybridized carbons (Fsp3) is 0.133. The lowest BCUT2D eigenvalue weighted by Gasteiger charge is -2.07. The lowest BCUT2D eigenvalue weighted by atomic mass is 10.3. The predicted octanol–water partition coefficient (Wildman–Crippen LogP) is 1.12. The van der Waals surface area contributed by atoms with E-state index in [1.807, 2.05) is 0 Å². The lowest BCUT2D eigenvalue weighted by Crippen LogP contribution is -2.35. The van der Waals surface area contributed by atoms with Crippen LogP contribution < -0.4 is 14.8 Å². The Hall–Kier alpha value is -3.09. The van der Waals surface area contributed by atoms with Crippen LogP contribution in [0.3, 0.4) is 0 Å². The van der Waals surface area contributed by atoms with E-state index in [9.17, 15) is 14.8 Å². The average Bonchev–Trinajstić information content (AvgIpc) is 2.53. The molecule has 1 heterocycles. The summed E-state index contributed by atoms with van der Waals surface area (Å²) in [4.78, 5) is 23.4. The van der Waals surface area contributed by atoms with Gasteiger partial charge < -0.3 is 20.0 Å². The first-order valence-electron chi connectivity index (χ1n) is 6.39. The molecule has 7 nitrogen and oxygen atoms in total. The van der Waals surface area contributed by atoms with Crippen molar-refractivity contribution in [1.82, 2.24) is 0 Å². The van der Waals surface area contributed by atoms with Gasteiger partial charge in [0.2, 0.25) is 0 Å². The molecule has 2 aromatic rings. The van der Waals surface area contributed by atoms with Crippen LogP contribution in [0.1, 0.15) is 10.5 Å². The minimum absolute atomic E-state index is 0.184. The Bertz CT molecular complexity index is 687. The Labute approximate surface area is 126 Å². The van der Waals surface area contributed by atoms with Gasteiger partial charge in [0.15, 0.2) is 12.8 Å². The maximum Gasteiger partial charge on any atom is 0.405 e. The molecule has 0 spiro atoms. The number of rotatable bonds is 5. The van der Waals surface area contributed by atoms with Crippen molar-refractivity contribution in [3.63, 3.8) is 0 Å². The third-order valence-electron chi connectivity index (χ3n) is 2.72. The largest absolute Gasteiger partial charge is 0.618 e. The number of ether oxygens (including phenoxy) is 2. The number of benzene rings is 1. The summed E-state index contributed by atoms with van der Waals surface area (Å²) < 4.78 is 10.2. The van der Waals surface area contributed by atoms with Crippen molar-refractivity contribution in [1.29, 1.82) is 0 Å². The summed E-state index contributed by atoms with van der Waals surface area (Å²) in [7, 11) is 1.51. The number of carbonyl (C=O) groups excluding carboxylic acids is 2. The summed E-state index contributed by atoms with van der Waals surface area (Å²) in [5, 5.41) is 13.9. The molecule has 0 unspecified atom stereocenters. The Kier molecular flexibility index (Phi) is 4.92. The van der Waals surface area contributed by atoms with Crippen molar-refractivity contribution in [2.45, 2.75) is 0 Å². The summed E-state index contributed by atoms with van der Waals surface area (Å²) in [6.45, 7) is -0.495. The number of nitrogens with zero attached hydrogens (tertiary/aromatic N) is 1. The SMILES string of the molecule is COc1cccc(NC(=O)COC(=O)c2cccc[n+]2[O-])c1. The Morgan fingerprint density at radius 1 is 1.23 bits per heavy atom. The molecule has 1 N–H and O–H groups in total. The molecule has 0 aliphatic heterocycles. The number of hydrogen-bond acceptors (Lipinski definition) is 5. The Balaban J connectivity index is 1.90. The van der Waals surface area contributed by atoms with Gasteiger partial charge in [-0.25, -0.2) is 4.79 Å². The van der Waals surface area contributed by atoms with Crippen molar-refractivity contribution in [3.8, 4) is 5.75 Å². The number of carbonyl (C=O) groups is 2. The summed E-state index contributed by atoms with van der Waals surface area (Å²) >= 11 is 0. The first-order chi connectivity index (χ1) is 10.6. The van der Waals surface area contributed by atoms with E-state index < -0.39 is 18.5 Å². The highest BCUT2D eigenvalue weighted by atomic mass is 16.5. The number of methoxy groups -OCH3 is 1. The van der Waals surface area contributed by atoms with E-state index >= 15 is 0 Å². The van der Waals surface area contributed by atoms with E-state index in [0.29, 0.717) is 16.2 Å². The second-order valence-electron chi connectivity index (χ2n) is 4.27. The summed E-state index contributed by atoms with van der Waals surface area (Å²) in [6.07, 6.45) is 1.17. The van der Waals surface area contributed by atoms with Gasteiger partial charge in [-0.05, 0) is 18.2 Å². The van der Waals surface area contributed by atoms with Gasteiger partial charge in [-0.3, -0.25) is 4.79 Å². The fourth-order valence-electron chi connectivity index (χ4n) is 1.69. The molecule has 0 saturated heterocycles. The zero-order valence-corrected chi connectivity index (χ0v) is 11.8. The number of hydrogen-bond donors (Lipinski definition) is 1. The second-order valence-corrected chi connectivity index (χ2v) is 4.27. The number of nitrogens with one attached hydrogen (secondary N) is 1. The molecule has 0 aliphatic rings. The molecule has 114 valence electrons. The highest BCUT2D eigenvalue weighted by Gasteiger charge is 2.18. The smallest absolute Gasteiger partial charge is 0.405 e. The van der Waals surface area contributed by atoms with Crippen molar-refractivity contribution < 1.29 is 23.8 Å². The van der Waals surface area contributed by atoms with E-state index in [1.165, 1.54) is 31.5 Å². The zero-order chi connectivity index (χ0) is 15.9. The molecule has 0 aliphatic carbocycles. The molecule has 0 saturated carbocycles. The lowest BCUT2D eigenvalue weighted by molar-refractivity contribution is -0.608. The van der Waals surface area contributed by atoms with Gasteiger partial charge in [-0.2, -0.15) is 4.73 Å². The maximum atomic E-state index is 11.7. The van der Waals surface area contributed by atoms with Crippen LogP contribution >= 0.6 is 0 Å². The second kappa shape index (κ2) is 7.07. The van der Waals surface area contributed by atoms with Crippen molar-refractivity contribution in [3.05, 3.63) is 59.6 Å². The monoisotopic (exact) mass is 302 g/mol. The van der Waals surface area contributed by atoms with E-state index in [2.05, 4.69) is 5.32 Å². The summed E-state index contributed by atoms with van der Waals surface area (Å²) in [5.74, 6) is -0.794. The number of amides is 1. The topological polar surface area (TPSA) is 91.6 Å². The first kappa shape index (κ1) is 15.3. The minimum Gasteiger partial charge on any atom is -0.618 e. The van der Waals surface area contributed by atoms with Gasteiger partial charge in [-0.1, -0.05) is 6.07 Å². The zero-order valence-electron chi connectivity index (χ0n) is 11.8. The third-order valence-corrected chi connectivity index (χ3v) is 2.72. The number of anilines is 1. The molecular formula is C15H14N2O5. The van der Waals surface area contributed by atoms with Gasteiger partial charge in [0.25, 0.3) is 5.91 Å². The van der Waals surface area contributed by atoms with Crippen LogP contribution in [0.2, 0.25) is 0 Å². The van der Waals surface area contributed by atoms with E-state index in [0.717, 1.165) is 0 Å². The first-order valence-corrected chi connectivity index (χ1v) is 6.39. The third kappa shape index (κ3) is 3.95. The van der Waals surface area contributed by atoms with Crippen molar-refractivity contribution >= 4 is 17.6 Å². The van der Waals surface area contributed by atoms with Crippen LogP contribution in [0, 0.1) is 5.21 Å². The van der Waals surface area contributed by atoms with Gasteiger partial charge in [0.1, 0.15) is 5.75 Å². The van der Waals surface area contributed by atoms with Crippen molar-refractivity contribution in [2.75, 3.05) is 19.0 Å². The highest BCUT2D eigenvalue weighted by Crippen LogP contribution is 2.16.